The summed E-state index contributed by atoms with van der Waals surface area (Å²) in [6, 6.07) is 8.61. The molecule has 0 amide bonds. The van der Waals surface area contributed by atoms with Crippen molar-refractivity contribution in [1.82, 2.24) is 14.3 Å². The molecule has 1 aromatic carbocycles. The molecule has 0 fully saturated rings. The number of hydrogen-bond acceptors (Lipinski definition) is 4. The summed E-state index contributed by atoms with van der Waals surface area (Å²) in [6.07, 6.45) is 0.826. The Kier molecular flexibility index (Phi) is 5.23. The molecule has 0 saturated heterocycles. The van der Waals surface area contributed by atoms with E-state index in [0.29, 0.717) is 0 Å². The van der Waals surface area contributed by atoms with Crippen LogP contribution in [0, 0.1) is 0 Å². The molecule has 1 aromatic heterocycles. The Morgan fingerprint density at radius 3 is 2.55 bits per heavy atom. The van der Waals surface area contributed by atoms with E-state index >= 15 is 0 Å². The van der Waals surface area contributed by atoms with E-state index in [2.05, 4.69) is 9.71 Å². The molecule has 1 heterocycles. The van der Waals surface area contributed by atoms with E-state index in [1.54, 1.807) is 26.1 Å². The third-order valence-electron chi connectivity index (χ3n) is 3.21. The van der Waals surface area contributed by atoms with Gasteiger partial charge in [-0.05, 0) is 18.9 Å². The average molecular weight is 344 g/mol. The van der Waals surface area contributed by atoms with Crippen LogP contribution in [0.2, 0.25) is 5.15 Å². The first-order chi connectivity index (χ1) is 10.3. The molecule has 8 heteroatoms. The Morgan fingerprint density at radius 1 is 1.36 bits per heavy atom. The van der Waals surface area contributed by atoms with Crippen molar-refractivity contribution in [3.8, 4) is 0 Å². The molecule has 22 heavy (non-hydrogen) atoms. The van der Waals surface area contributed by atoms with Gasteiger partial charge in [-0.1, -0.05) is 41.9 Å². The first-order valence-corrected chi connectivity index (χ1v) is 8.59. The molecule has 0 aliphatic rings. The topological polar surface area (TPSA) is 84.2 Å². The number of aromatic nitrogens is 2. The summed E-state index contributed by atoms with van der Waals surface area (Å²) in [6.45, 7) is 1.68. The van der Waals surface area contributed by atoms with Gasteiger partial charge in [0.2, 0.25) is 5.03 Å². The van der Waals surface area contributed by atoms with E-state index in [4.69, 9.17) is 11.6 Å². The van der Waals surface area contributed by atoms with Gasteiger partial charge in [0.25, 0.3) is 10.0 Å². The highest BCUT2D eigenvalue weighted by Gasteiger charge is 2.25. The average Bonchev–Trinajstić information content (AvgIpc) is 2.80. The zero-order valence-corrected chi connectivity index (χ0v) is 13.8. The molecule has 2 atom stereocenters. The van der Waals surface area contributed by atoms with Gasteiger partial charge in [-0.2, -0.15) is 0 Å². The monoisotopic (exact) mass is 343 g/mol. The maximum absolute atomic E-state index is 12.2. The van der Waals surface area contributed by atoms with Crippen LogP contribution in [-0.4, -0.2) is 29.1 Å². The van der Waals surface area contributed by atoms with E-state index in [1.165, 1.54) is 10.9 Å². The van der Waals surface area contributed by atoms with Gasteiger partial charge < -0.3 is 9.67 Å². The summed E-state index contributed by atoms with van der Waals surface area (Å²) in [5, 5.41) is 9.97. The van der Waals surface area contributed by atoms with Gasteiger partial charge in [0.05, 0.1) is 12.4 Å². The highest BCUT2D eigenvalue weighted by Crippen LogP contribution is 2.21. The SMILES string of the molecule is CC(CC(O)c1ccccc1)NS(=O)(=O)c1ncn(C)c1Cl. The Hall–Kier alpha value is -1.41. The fraction of sp³-hybridized carbons (Fsp3) is 0.357. The molecule has 0 aliphatic heterocycles. The zero-order chi connectivity index (χ0) is 16.3. The summed E-state index contributed by atoms with van der Waals surface area (Å²) in [4.78, 5) is 3.80. The predicted molar refractivity (Wildman–Crippen MR) is 84.0 cm³/mol. The number of benzene rings is 1. The van der Waals surface area contributed by atoms with Gasteiger partial charge >= 0.3 is 0 Å². The van der Waals surface area contributed by atoms with Crippen LogP contribution in [0.5, 0.6) is 0 Å². The van der Waals surface area contributed by atoms with E-state index in [0.717, 1.165) is 5.56 Å². The van der Waals surface area contributed by atoms with Crippen molar-refractivity contribution in [2.75, 3.05) is 0 Å². The lowest BCUT2D eigenvalue weighted by atomic mass is 10.0. The summed E-state index contributed by atoms with van der Waals surface area (Å²) in [7, 11) is -2.21. The summed E-state index contributed by atoms with van der Waals surface area (Å²) in [5.41, 5.74) is 0.740. The molecule has 2 rings (SSSR count). The molecule has 0 spiro atoms. The van der Waals surface area contributed by atoms with Gasteiger partial charge in [0.15, 0.2) is 0 Å². The van der Waals surface area contributed by atoms with Crippen molar-refractivity contribution in [3.63, 3.8) is 0 Å². The Balaban J connectivity index is 2.05. The van der Waals surface area contributed by atoms with E-state index < -0.39 is 22.2 Å². The number of sulfonamides is 1. The molecule has 0 radical (unpaired) electrons. The first kappa shape index (κ1) is 17.0. The van der Waals surface area contributed by atoms with Gasteiger partial charge in [0.1, 0.15) is 5.15 Å². The second-order valence-electron chi connectivity index (χ2n) is 5.14. The van der Waals surface area contributed by atoms with E-state index in [1.807, 2.05) is 18.2 Å². The number of hydrogen-bond donors (Lipinski definition) is 2. The van der Waals surface area contributed by atoms with Crippen LogP contribution in [0.3, 0.4) is 0 Å². The van der Waals surface area contributed by atoms with Crippen LogP contribution in [0.25, 0.3) is 0 Å². The second-order valence-corrected chi connectivity index (χ2v) is 7.12. The summed E-state index contributed by atoms with van der Waals surface area (Å²) >= 11 is 5.91. The molecule has 2 N–H and O–H groups in total. The molecule has 2 unspecified atom stereocenters. The van der Waals surface area contributed by atoms with Crippen LogP contribution in [0.1, 0.15) is 25.0 Å². The minimum atomic E-state index is -3.82. The smallest absolute Gasteiger partial charge is 0.261 e. The maximum atomic E-state index is 12.2. The van der Waals surface area contributed by atoms with Crippen LogP contribution in [0.15, 0.2) is 41.7 Å². The van der Waals surface area contributed by atoms with Crippen molar-refractivity contribution in [3.05, 3.63) is 47.4 Å². The van der Waals surface area contributed by atoms with Crippen LogP contribution in [-0.2, 0) is 17.1 Å². The number of aryl methyl sites for hydroxylation is 1. The van der Waals surface area contributed by atoms with Crippen molar-refractivity contribution in [2.24, 2.45) is 7.05 Å². The van der Waals surface area contributed by atoms with Crippen LogP contribution >= 0.6 is 11.6 Å². The molecular formula is C14H18ClN3O3S. The molecule has 6 nitrogen and oxygen atoms in total. The largest absolute Gasteiger partial charge is 0.388 e. The van der Waals surface area contributed by atoms with Gasteiger partial charge in [-0.3, -0.25) is 0 Å². The third-order valence-corrected chi connectivity index (χ3v) is 5.28. The van der Waals surface area contributed by atoms with Crippen molar-refractivity contribution < 1.29 is 13.5 Å². The van der Waals surface area contributed by atoms with Crippen LogP contribution < -0.4 is 4.72 Å². The van der Waals surface area contributed by atoms with E-state index in [-0.39, 0.29) is 16.6 Å². The normalized spacial score (nSPS) is 14.7. The molecule has 120 valence electrons. The van der Waals surface area contributed by atoms with Crippen molar-refractivity contribution in [1.29, 1.82) is 0 Å². The number of imidazole rings is 1. The number of aliphatic hydroxyl groups excluding tert-OH is 1. The maximum Gasteiger partial charge on any atom is 0.261 e. The third kappa shape index (κ3) is 3.86. The zero-order valence-electron chi connectivity index (χ0n) is 12.3. The van der Waals surface area contributed by atoms with Crippen LogP contribution in [0.4, 0.5) is 0 Å². The lowest BCUT2D eigenvalue weighted by molar-refractivity contribution is 0.158. The second kappa shape index (κ2) is 6.78. The highest BCUT2D eigenvalue weighted by atomic mass is 35.5. The van der Waals surface area contributed by atoms with Gasteiger partial charge in [0, 0.05) is 13.1 Å². The number of nitrogens with zero attached hydrogens (tertiary/aromatic N) is 2. The van der Waals surface area contributed by atoms with Crippen molar-refractivity contribution >= 4 is 21.6 Å². The standard InChI is InChI=1S/C14H18ClN3O3S/c1-10(8-12(19)11-6-4-3-5-7-11)17-22(20,21)14-13(15)18(2)9-16-14/h3-7,9-10,12,17,19H,8H2,1-2H3. The number of halogens is 1. The Bertz CT molecular complexity index is 731. The van der Waals surface area contributed by atoms with Crippen molar-refractivity contribution in [2.45, 2.75) is 30.5 Å². The first-order valence-electron chi connectivity index (χ1n) is 6.73. The number of aliphatic hydroxyl groups is 1. The minimum absolute atomic E-state index is 0.0447. The summed E-state index contributed by atoms with van der Waals surface area (Å²) < 4.78 is 28.4. The van der Waals surface area contributed by atoms with E-state index in [9.17, 15) is 13.5 Å². The molecule has 0 bridgehead atoms. The lowest BCUT2D eigenvalue weighted by Crippen LogP contribution is -2.34. The minimum Gasteiger partial charge on any atom is -0.388 e. The molecule has 2 aromatic rings. The fourth-order valence-corrected chi connectivity index (χ4v) is 3.78. The molecular weight excluding hydrogens is 326 g/mol. The predicted octanol–water partition coefficient (Wildman–Crippen LogP) is 1.86. The number of nitrogens with one attached hydrogen (secondary N) is 1. The quantitative estimate of drug-likeness (QED) is 0.838. The van der Waals surface area contributed by atoms with Gasteiger partial charge in [-0.15, -0.1) is 0 Å². The fourth-order valence-electron chi connectivity index (χ4n) is 2.09. The molecule has 0 saturated carbocycles. The Morgan fingerprint density at radius 2 is 2.00 bits per heavy atom. The Labute approximate surface area is 134 Å². The molecule has 0 aliphatic carbocycles. The van der Waals surface area contributed by atoms with Gasteiger partial charge in [-0.25, -0.2) is 18.1 Å². The highest BCUT2D eigenvalue weighted by molar-refractivity contribution is 7.89. The lowest BCUT2D eigenvalue weighted by Gasteiger charge is -2.17. The summed E-state index contributed by atoms with van der Waals surface area (Å²) in [5.74, 6) is 0. The number of rotatable bonds is 6.